The molecule has 3 N–H and O–H groups in total. The first-order valence-electron chi connectivity index (χ1n) is 10.1. The minimum atomic E-state index is -3.55. The van der Waals surface area contributed by atoms with Gasteiger partial charge in [0.1, 0.15) is 4.90 Å². The van der Waals surface area contributed by atoms with Crippen LogP contribution in [-0.4, -0.2) is 63.0 Å². The number of likely N-dealkylation sites (tertiary alicyclic amines) is 1. The van der Waals surface area contributed by atoms with E-state index in [0.717, 1.165) is 19.5 Å². The predicted molar refractivity (Wildman–Crippen MR) is 134 cm³/mol. The Bertz CT molecular complexity index is 927. The second-order valence-electron chi connectivity index (χ2n) is 7.43. The number of pyridine rings is 1. The minimum Gasteiger partial charge on any atom is -0.355 e. The van der Waals surface area contributed by atoms with Crippen LogP contribution in [-0.2, 0) is 16.6 Å². The molecule has 1 saturated heterocycles. The number of hydrogen-bond acceptors (Lipinski definition) is 5. The first-order chi connectivity index (χ1) is 14.5. The van der Waals surface area contributed by atoms with Crippen molar-refractivity contribution < 1.29 is 8.42 Å². The number of halogens is 1. The SMILES string of the molecule is CN=C(NCCNS(=O)(=O)c1cccnc1)NC1CC(C)N(Cc2ccccc2)C1.I. The molecule has 2 atom stereocenters. The van der Waals surface area contributed by atoms with E-state index in [9.17, 15) is 8.42 Å². The number of aromatic nitrogens is 1. The predicted octanol–water partition coefficient (Wildman–Crippen LogP) is 1.81. The van der Waals surface area contributed by atoms with Crippen molar-refractivity contribution in [1.82, 2.24) is 25.2 Å². The van der Waals surface area contributed by atoms with Crippen molar-refractivity contribution in [3.8, 4) is 0 Å². The van der Waals surface area contributed by atoms with Crippen LogP contribution in [0.1, 0.15) is 18.9 Å². The van der Waals surface area contributed by atoms with Gasteiger partial charge in [0, 0.05) is 57.7 Å². The lowest BCUT2D eigenvalue weighted by atomic mass is 10.2. The molecular formula is C21H31IN6O2S. The molecule has 1 aromatic carbocycles. The van der Waals surface area contributed by atoms with Crippen molar-refractivity contribution in [2.75, 3.05) is 26.7 Å². The van der Waals surface area contributed by atoms with Crippen LogP contribution >= 0.6 is 24.0 Å². The molecule has 2 aromatic rings. The van der Waals surface area contributed by atoms with E-state index in [1.54, 1.807) is 19.3 Å². The number of nitrogens with zero attached hydrogens (tertiary/aromatic N) is 3. The fraction of sp³-hybridized carbons (Fsp3) is 0.429. The number of aliphatic imine (C=N–C) groups is 1. The quantitative estimate of drug-likeness (QED) is 0.198. The molecule has 1 aromatic heterocycles. The first-order valence-corrected chi connectivity index (χ1v) is 11.6. The standard InChI is InChI=1S/C21H30N6O2S.HI/c1-17-13-19(16-27(17)15-18-7-4-3-5-8-18)26-21(22-2)24-11-12-25-30(28,29)20-9-6-10-23-14-20;/h3-10,14,17,19,25H,11-13,15-16H2,1-2H3,(H2,22,24,26);1H. The molecule has 170 valence electrons. The van der Waals surface area contributed by atoms with Crippen LogP contribution in [0.2, 0.25) is 0 Å². The van der Waals surface area contributed by atoms with Crippen LogP contribution in [0.25, 0.3) is 0 Å². The maximum Gasteiger partial charge on any atom is 0.242 e. The number of nitrogens with one attached hydrogen (secondary N) is 3. The van der Waals surface area contributed by atoms with Gasteiger partial charge in [-0.15, -0.1) is 24.0 Å². The van der Waals surface area contributed by atoms with E-state index in [0.29, 0.717) is 24.6 Å². The molecule has 1 aliphatic heterocycles. The third-order valence-corrected chi connectivity index (χ3v) is 6.60. The summed E-state index contributed by atoms with van der Waals surface area (Å²) in [5.74, 6) is 0.675. The summed E-state index contributed by atoms with van der Waals surface area (Å²) < 4.78 is 27.0. The molecule has 8 nitrogen and oxygen atoms in total. The van der Waals surface area contributed by atoms with E-state index in [4.69, 9.17) is 0 Å². The molecule has 0 saturated carbocycles. The van der Waals surface area contributed by atoms with Gasteiger partial charge in [-0.3, -0.25) is 14.9 Å². The number of guanidine groups is 1. The fourth-order valence-electron chi connectivity index (χ4n) is 3.58. The van der Waals surface area contributed by atoms with Gasteiger partial charge in [-0.05, 0) is 31.0 Å². The van der Waals surface area contributed by atoms with Crippen LogP contribution in [0.15, 0.2) is 64.7 Å². The molecule has 1 aliphatic rings. The molecule has 31 heavy (non-hydrogen) atoms. The molecule has 0 radical (unpaired) electrons. The maximum atomic E-state index is 12.2. The second-order valence-corrected chi connectivity index (χ2v) is 9.19. The monoisotopic (exact) mass is 558 g/mol. The van der Waals surface area contributed by atoms with Gasteiger partial charge in [0.05, 0.1) is 0 Å². The Morgan fingerprint density at radius 2 is 1.97 bits per heavy atom. The smallest absolute Gasteiger partial charge is 0.242 e. The van der Waals surface area contributed by atoms with E-state index in [2.05, 4.69) is 61.4 Å². The summed E-state index contributed by atoms with van der Waals surface area (Å²) >= 11 is 0. The van der Waals surface area contributed by atoms with Gasteiger partial charge < -0.3 is 10.6 Å². The van der Waals surface area contributed by atoms with E-state index in [1.807, 2.05) is 6.07 Å². The summed E-state index contributed by atoms with van der Waals surface area (Å²) in [6.07, 6.45) is 3.90. The molecule has 0 amide bonds. The molecule has 1 fully saturated rings. The normalized spacial score (nSPS) is 19.6. The largest absolute Gasteiger partial charge is 0.355 e. The molecule has 0 bridgehead atoms. The van der Waals surface area contributed by atoms with Crippen molar-refractivity contribution in [3.05, 3.63) is 60.4 Å². The van der Waals surface area contributed by atoms with Crippen LogP contribution in [0.4, 0.5) is 0 Å². The number of rotatable bonds is 8. The summed E-state index contributed by atoms with van der Waals surface area (Å²) in [4.78, 5) is 10.7. The van der Waals surface area contributed by atoms with E-state index in [-0.39, 0.29) is 35.4 Å². The topological polar surface area (TPSA) is 98.7 Å². The van der Waals surface area contributed by atoms with Crippen LogP contribution in [0.3, 0.4) is 0 Å². The fourth-order valence-corrected chi connectivity index (χ4v) is 4.58. The Hall–Kier alpha value is -1.76. The average Bonchev–Trinajstić information content (AvgIpc) is 3.10. The molecular weight excluding hydrogens is 527 g/mol. The third-order valence-electron chi connectivity index (χ3n) is 5.15. The number of benzene rings is 1. The van der Waals surface area contributed by atoms with Crippen molar-refractivity contribution in [3.63, 3.8) is 0 Å². The van der Waals surface area contributed by atoms with E-state index in [1.165, 1.54) is 17.8 Å². The Kier molecular flexibility index (Phi) is 10.1. The lowest BCUT2D eigenvalue weighted by Gasteiger charge is -2.21. The Balaban J connectivity index is 0.00000341. The number of sulfonamides is 1. The van der Waals surface area contributed by atoms with Gasteiger partial charge >= 0.3 is 0 Å². The molecule has 0 aliphatic carbocycles. The van der Waals surface area contributed by atoms with Gasteiger partial charge in [0.25, 0.3) is 0 Å². The van der Waals surface area contributed by atoms with Crippen LogP contribution in [0.5, 0.6) is 0 Å². The van der Waals surface area contributed by atoms with Crippen molar-refractivity contribution >= 4 is 40.0 Å². The lowest BCUT2D eigenvalue weighted by molar-refractivity contribution is 0.258. The summed E-state index contributed by atoms with van der Waals surface area (Å²) in [5.41, 5.74) is 1.31. The molecule has 3 rings (SSSR count). The average molecular weight is 558 g/mol. The molecule has 0 spiro atoms. The van der Waals surface area contributed by atoms with Crippen molar-refractivity contribution in [1.29, 1.82) is 0 Å². The lowest BCUT2D eigenvalue weighted by Crippen LogP contribution is -2.46. The summed E-state index contributed by atoms with van der Waals surface area (Å²) in [6, 6.07) is 14.4. The van der Waals surface area contributed by atoms with Gasteiger partial charge in [-0.25, -0.2) is 13.1 Å². The Labute approximate surface area is 202 Å². The summed E-state index contributed by atoms with van der Waals surface area (Å²) in [5, 5.41) is 6.63. The Morgan fingerprint density at radius 1 is 1.19 bits per heavy atom. The zero-order chi connectivity index (χ0) is 21.4. The van der Waals surface area contributed by atoms with Gasteiger partial charge in [0.2, 0.25) is 10.0 Å². The third kappa shape index (κ3) is 7.70. The van der Waals surface area contributed by atoms with Crippen LogP contribution in [0, 0.1) is 0 Å². The van der Waals surface area contributed by atoms with Crippen LogP contribution < -0.4 is 15.4 Å². The zero-order valence-corrected chi connectivity index (χ0v) is 21.0. The van der Waals surface area contributed by atoms with Crippen molar-refractivity contribution in [2.45, 2.75) is 36.9 Å². The summed E-state index contributed by atoms with van der Waals surface area (Å²) in [6.45, 7) is 4.79. The number of hydrogen-bond donors (Lipinski definition) is 3. The zero-order valence-electron chi connectivity index (χ0n) is 17.9. The minimum absolute atomic E-state index is 0. The second kappa shape index (κ2) is 12.3. The highest BCUT2D eigenvalue weighted by Crippen LogP contribution is 2.20. The highest BCUT2D eigenvalue weighted by molar-refractivity contribution is 14.0. The highest BCUT2D eigenvalue weighted by Gasteiger charge is 2.29. The molecule has 10 heteroatoms. The summed E-state index contributed by atoms with van der Waals surface area (Å²) in [7, 11) is -1.83. The van der Waals surface area contributed by atoms with Gasteiger partial charge in [-0.1, -0.05) is 30.3 Å². The Morgan fingerprint density at radius 3 is 2.65 bits per heavy atom. The maximum absolute atomic E-state index is 12.2. The molecule has 2 unspecified atom stereocenters. The first kappa shape index (κ1) is 25.5. The molecule has 2 heterocycles. The van der Waals surface area contributed by atoms with Gasteiger partial charge in [-0.2, -0.15) is 0 Å². The van der Waals surface area contributed by atoms with E-state index < -0.39 is 10.0 Å². The van der Waals surface area contributed by atoms with Crippen molar-refractivity contribution in [2.24, 2.45) is 4.99 Å². The van der Waals surface area contributed by atoms with E-state index >= 15 is 0 Å². The van der Waals surface area contributed by atoms with Gasteiger partial charge in [0.15, 0.2) is 5.96 Å². The highest BCUT2D eigenvalue weighted by atomic mass is 127.